The molecule has 1 aromatic heterocycles. The van der Waals surface area contributed by atoms with Crippen molar-refractivity contribution in [3.63, 3.8) is 0 Å². The van der Waals surface area contributed by atoms with E-state index >= 15 is 0 Å². The molecule has 58 valence electrons. The Morgan fingerprint density at radius 2 is 2.36 bits per heavy atom. The van der Waals surface area contributed by atoms with Crippen LogP contribution in [0.3, 0.4) is 0 Å². The zero-order chi connectivity index (χ0) is 8.27. The third-order valence-corrected chi connectivity index (χ3v) is 2.61. The second-order valence-electron chi connectivity index (χ2n) is 2.08. The summed E-state index contributed by atoms with van der Waals surface area (Å²) in [4.78, 5) is 4.08. The summed E-state index contributed by atoms with van der Waals surface area (Å²) < 4.78 is 0.851. The summed E-state index contributed by atoms with van der Waals surface area (Å²) in [7, 11) is 0. The van der Waals surface area contributed by atoms with E-state index in [1.807, 2.05) is 12.1 Å². The number of pyridine rings is 1. The fourth-order valence-electron chi connectivity index (χ4n) is 0.722. The Balaban J connectivity index is 3.03. The van der Waals surface area contributed by atoms with Gasteiger partial charge in [-0.05, 0) is 27.6 Å². The fraction of sp³-hybridized carbons (Fsp3) is 0.125. The monoisotopic (exact) mass is 275 g/mol. The van der Waals surface area contributed by atoms with Crippen molar-refractivity contribution in [3.05, 3.63) is 35.1 Å². The van der Waals surface area contributed by atoms with Crippen molar-refractivity contribution in [2.45, 2.75) is 0 Å². The van der Waals surface area contributed by atoms with Gasteiger partial charge in [0.05, 0.1) is 0 Å². The predicted octanol–water partition coefficient (Wildman–Crippen LogP) is 3.25. The first-order valence-electron chi connectivity index (χ1n) is 3.10. The molecular formula is C8H7Br2N. The summed E-state index contributed by atoms with van der Waals surface area (Å²) in [6.45, 7) is 3.89. The van der Waals surface area contributed by atoms with Crippen LogP contribution in [0.5, 0.6) is 0 Å². The first-order valence-corrected chi connectivity index (χ1v) is 5.01. The van der Waals surface area contributed by atoms with Crippen molar-refractivity contribution in [1.82, 2.24) is 4.98 Å². The smallest absolute Gasteiger partial charge is 0.113 e. The van der Waals surface area contributed by atoms with Crippen LogP contribution in [0.1, 0.15) is 5.56 Å². The Bertz CT molecular complexity index is 271. The molecular weight excluding hydrogens is 270 g/mol. The van der Waals surface area contributed by atoms with Crippen LogP contribution < -0.4 is 0 Å². The second kappa shape index (κ2) is 4.02. The lowest BCUT2D eigenvalue weighted by molar-refractivity contribution is 1.25. The van der Waals surface area contributed by atoms with Gasteiger partial charge in [0.2, 0.25) is 0 Å². The quantitative estimate of drug-likeness (QED) is 0.597. The Hall–Kier alpha value is -0.150. The molecule has 0 aliphatic heterocycles. The maximum absolute atomic E-state index is 4.08. The molecule has 3 heteroatoms. The highest BCUT2D eigenvalue weighted by atomic mass is 79.9. The van der Waals surface area contributed by atoms with Crippen LogP contribution >= 0.6 is 31.9 Å². The molecule has 0 atom stereocenters. The summed E-state index contributed by atoms with van der Waals surface area (Å²) in [5, 5.41) is 0.775. The zero-order valence-corrected chi connectivity index (χ0v) is 9.02. The SMILES string of the molecule is C=C(CBr)c1cccnc1Br. The molecule has 0 amide bonds. The number of nitrogens with zero attached hydrogens (tertiary/aromatic N) is 1. The van der Waals surface area contributed by atoms with Gasteiger partial charge in [0.25, 0.3) is 0 Å². The summed E-state index contributed by atoms with van der Waals surface area (Å²) in [6.07, 6.45) is 1.75. The van der Waals surface area contributed by atoms with Crippen molar-refractivity contribution in [1.29, 1.82) is 0 Å². The summed E-state index contributed by atoms with van der Waals surface area (Å²) >= 11 is 6.68. The summed E-state index contributed by atoms with van der Waals surface area (Å²) in [5.41, 5.74) is 2.09. The van der Waals surface area contributed by atoms with Gasteiger partial charge in [-0.15, -0.1) is 0 Å². The van der Waals surface area contributed by atoms with Gasteiger partial charge < -0.3 is 0 Å². The summed E-state index contributed by atoms with van der Waals surface area (Å²) in [6, 6.07) is 3.88. The minimum atomic E-state index is 0.775. The molecule has 0 bridgehead atoms. The Kier molecular flexibility index (Phi) is 3.27. The van der Waals surface area contributed by atoms with E-state index < -0.39 is 0 Å². The Morgan fingerprint density at radius 1 is 1.64 bits per heavy atom. The predicted molar refractivity (Wildman–Crippen MR) is 54.8 cm³/mol. The number of aromatic nitrogens is 1. The summed E-state index contributed by atoms with van der Waals surface area (Å²) in [5.74, 6) is 0. The lowest BCUT2D eigenvalue weighted by atomic mass is 10.2. The van der Waals surface area contributed by atoms with Crippen molar-refractivity contribution in [3.8, 4) is 0 Å². The Labute approximate surface area is 82.8 Å². The molecule has 0 saturated heterocycles. The van der Waals surface area contributed by atoms with Crippen LogP contribution in [0.2, 0.25) is 0 Å². The van der Waals surface area contributed by atoms with E-state index in [0.717, 1.165) is 21.1 Å². The molecule has 1 heterocycles. The highest BCUT2D eigenvalue weighted by molar-refractivity contribution is 9.10. The molecule has 0 radical (unpaired) electrons. The average molecular weight is 277 g/mol. The van der Waals surface area contributed by atoms with Crippen LogP contribution in [0.25, 0.3) is 5.57 Å². The van der Waals surface area contributed by atoms with E-state index in [2.05, 4.69) is 43.4 Å². The molecule has 1 rings (SSSR count). The topological polar surface area (TPSA) is 12.9 Å². The highest BCUT2D eigenvalue weighted by Crippen LogP contribution is 2.21. The maximum atomic E-state index is 4.08. The lowest BCUT2D eigenvalue weighted by Crippen LogP contribution is -1.87. The molecule has 1 nitrogen and oxygen atoms in total. The van der Waals surface area contributed by atoms with Crippen LogP contribution in [0, 0.1) is 0 Å². The number of hydrogen-bond acceptors (Lipinski definition) is 1. The first-order chi connectivity index (χ1) is 5.25. The van der Waals surface area contributed by atoms with E-state index in [1.54, 1.807) is 6.20 Å². The van der Waals surface area contributed by atoms with Crippen LogP contribution in [0.15, 0.2) is 29.5 Å². The molecule has 1 aromatic rings. The molecule has 0 aliphatic rings. The second-order valence-corrected chi connectivity index (χ2v) is 3.39. The molecule has 0 unspecified atom stereocenters. The van der Waals surface area contributed by atoms with E-state index in [-0.39, 0.29) is 0 Å². The zero-order valence-electron chi connectivity index (χ0n) is 5.85. The molecule has 0 saturated carbocycles. The molecule has 0 N–H and O–H groups in total. The average Bonchev–Trinajstić information content (AvgIpc) is 2.04. The van der Waals surface area contributed by atoms with Gasteiger partial charge in [-0.2, -0.15) is 0 Å². The standard InChI is InChI=1S/C8H7Br2N/c1-6(5-9)7-3-2-4-11-8(7)10/h2-4H,1,5H2. The lowest BCUT2D eigenvalue weighted by Gasteiger charge is -2.02. The largest absolute Gasteiger partial charge is 0.249 e. The highest BCUT2D eigenvalue weighted by Gasteiger charge is 2.01. The molecule has 11 heavy (non-hydrogen) atoms. The number of allylic oxidation sites excluding steroid dienone is 1. The molecule has 0 spiro atoms. The van der Waals surface area contributed by atoms with Crippen molar-refractivity contribution in [2.75, 3.05) is 5.33 Å². The molecule has 0 fully saturated rings. The minimum absolute atomic E-state index is 0.775. The van der Waals surface area contributed by atoms with Crippen LogP contribution in [0.4, 0.5) is 0 Å². The third-order valence-electron chi connectivity index (χ3n) is 1.30. The van der Waals surface area contributed by atoms with Gasteiger partial charge in [-0.25, -0.2) is 4.98 Å². The van der Waals surface area contributed by atoms with Gasteiger partial charge in [0.15, 0.2) is 0 Å². The number of hydrogen-bond donors (Lipinski definition) is 0. The van der Waals surface area contributed by atoms with Gasteiger partial charge in [-0.1, -0.05) is 28.6 Å². The number of rotatable bonds is 2. The molecule has 0 aliphatic carbocycles. The normalized spacial score (nSPS) is 9.64. The number of halogens is 2. The van der Waals surface area contributed by atoms with Crippen molar-refractivity contribution < 1.29 is 0 Å². The van der Waals surface area contributed by atoms with Gasteiger partial charge >= 0.3 is 0 Å². The number of alkyl halides is 1. The van der Waals surface area contributed by atoms with Crippen LogP contribution in [-0.2, 0) is 0 Å². The van der Waals surface area contributed by atoms with Crippen LogP contribution in [-0.4, -0.2) is 10.3 Å². The van der Waals surface area contributed by atoms with Gasteiger partial charge in [0, 0.05) is 17.1 Å². The maximum Gasteiger partial charge on any atom is 0.113 e. The van der Waals surface area contributed by atoms with Gasteiger partial charge in [0.1, 0.15) is 4.60 Å². The molecule has 0 aromatic carbocycles. The van der Waals surface area contributed by atoms with Gasteiger partial charge in [-0.3, -0.25) is 0 Å². The van der Waals surface area contributed by atoms with Crippen molar-refractivity contribution in [2.24, 2.45) is 0 Å². The van der Waals surface area contributed by atoms with E-state index in [0.29, 0.717) is 0 Å². The van der Waals surface area contributed by atoms with E-state index in [9.17, 15) is 0 Å². The third kappa shape index (κ3) is 2.14. The van der Waals surface area contributed by atoms with Crippen molar-refractivity contribution >= 4 is 37.4 Å². The minimum Gasteiger partial charge on any atom is -0.249 e. The Morgan fingerprint density at radius 3 is 2.91 bits per heavy atom. The fourth-order valence-corrected chi connectivity index (χ4v) is 1.55. The van der Waals surface area contributed by atoms with E-state index in [1.165, 1.54) is 0 Å². The van der Waals surface area contributed by atoms with E-state index in [4.69, 9.17) is 0 Å². The first kappa shape index (κ1) is 8.94.